The number of ether oxygens (including phenoxy) is 3. The molecule has 1 spiro atoms. The first kappa shape index (κ1) is 19.1. The minimum atomic E-state index is -5.66. The Balaban J connectivity index is 1.87. The van der Waals surface area contributed by atoms with Gasteiger partial charge in [0.1, 0.15) is 30.1 Å². The molecule has 11 heteroatoms. The van der Waals surface area contributed by atoms with Crippen LogP contribution in [0.3, 0.4) is 0 Å². The van der Waals surface area contributed by atoms with Crippen molar-refractivity contribution >= 4 is 9.84 Å². The molecule has 7 nitrogen and oxygen atoms in total. The highest BCUT2D eigenvalue weighted by Gasteiger charge is 2.55. The molecule has 0 saturated heterocycles. The van der Waals surface area contributed by atoms with Crippen LogP contribution in [0.25, 0.3) is 0 Å². The van der Waals surface area contributed by atoms with Crippen LogP contribution in [0.15, 0.2) is 48.0 Å². The van der Waals surface area contributed by atoms with Crippen molar-refractivity contribution < 1.29 is 35.8 Å². The lowest BCUT2D eigenvalue weighted by atomic mass is 10.1. The molecule has 0 bridgehead atoms. The number of pyridine rings is 1. The second kappa shape index (κ2) is 6.38. The maximum Gasteiger partial charge on any atom is 0.501 e. The van der Waals surface area contributed by atoms with Crippen molar-refractivity contribution in [1.82, 2.24) is 4.98 Å². The lowest BCUT2D eigenvalue weighted by Gasteiger charge is -2.26. The van der Waals surface area contributed by atoms with Gasteiger partial charge in [0, 0.05) is 24.2 Å². The number of benzene rings is 1. The fraction of sp³-hybridized carbons (Fsp3) is 0.222. The zero-order valence-corrected chi connectivity index (χ0v) is 15.2. The smallest absolute Gasteiger partial charge is 0.455 e. The van der Waals surface area contributed by atoms with E-state index in [2.05, 4.69) is 4.98 Å². The van der Waals surface area contributed by atoms with Crippen LogP contribution in [0.5, 0.6) is 11.5 Å². The second-order valence-electron chi connectivity index (χ2n) is 6.25. The summed E-state index contributed by atoms with van der Waals surface area (Å²) in [6.45, 7) is 0. The lowest BCUT2D eigenvalue weighted by molar-refractivity contribution is -0.149. The van der Waals surface area contributed by atoms with Crippen LogP contribution >= 0.6 is 0 Å². The van der Waals surface area contributed by atoms with E-state index in [0.717, 1.165) is 24.7 Å². The van der Waals surface area contributed by atoms with Gasteiger partial charge < -0.3 is 14.2 Å². The highest BCUT2D eigenvalue weighted by Crippen LogP contribution is 2.51. The van der Waals surface area contributed by atoms with Gasteiger partial charge in [0.15, 0.2) is 0 Å². The minimum absolute atomic E-state index is 0.0899. The standard InChI is InChI=1S/C18H11F3N2O5S/c19-18(20,21)29(24,25)15-2-1-14(28-12-7-11(8-22)9-23-10-12)13-3-4-17(16(13)15)26-5-6-27-17/h1-2,5-7,9-10H,3-4H2. The third kappa shape index (κ3) is 2.96. The van der Waals surface area contributed by atoms with Gasteiger partial charge in [-0.1, -0.05) is 0 Å². The predicted octanol–water partition coefficient (Wildman–Crippen LogP) is 3.66. The van der Waals surface area contributed by atoms with Crippen LogP contribution in [-0.2, 0) is 31.5 Å². The summed E-state index contributed by atoms with van der Waals surface area (Å²) in [5.41, 5.74) is -5.31. The van der Waals surface area contributed by atoms with Gasteiger partial charge in [-0.05, 0) is 18.6 Å². The van der Waals surface area contributed by atoms with E-state index in [-0.39, 0.29) is 41.0 Å². The normalized spacial score (nSPS) is 16.8. The van der Waals surface area contributed by atoms with Crippen molar-refractivity contribution in [2.24, 2.45) is 0 Å². The molecule has 29 heavy (non-hydrogen) atoms. The summed E-state index contributed by atoms with van der Waals surface area (Å²) in [6, 6.07) is 5.25. The Labute approximate surface area is 162 Å². The van der Waals surface area contributed by atoms with Crippen LogP contribution < -0.4 is 4.74 Å². The number of halogens is 3. The SMILES string of the molecule is N#Cc1cncc(Oc2ccc(S(=O)(=O)C(F)(F)F)c3c2CCC32OC=CO2)c1. The quantitative estimate of drug-likeness (QED) is 0.742. The Bertz CT molecular complexity index is 1160. The molecular formula is C18H11F3N2O5S. The summed E-state index contributed by atoms with van der Waals surface area (Å²) < 4.78 is 80.5. The minimum Gasteiger partial charge on any atom is -0.455 e. The molecule has 0 N–H and O–H groups in total. The van der Waals surface area contributed by atoms with Crippen molar-refractivity contribution in [2.45, 2.75) is 29.0 Å². The Morgan fingerprint density at radius 2 is 1.93 bits per heavy atom. The molecule has 150 valence electrons. The second-order valence-corrected chi connectivity index (χ2v) is 8.16. The molecule has 1 aromatic heterocycles. The average Bonchev–Trinajstić information content (AvgIpc) is 3.30. The summed E-state index contributed by atoms with van der Waals surface area (Å²) >= 11 is 0. The highest BCUT2D eigenvalue weighted by atomic mass is 32.2. The molecule has 1 aliphatic carbocycles. The fourth-order valence-corrected chi connectivity index (χ4v) is 4.38. The number of nitrogens with zero attached hydrogens (tertiary/aromatic N) is 2. The highest BCUT2D eigenvalue weighted by molar-refractivity contribution is 7.92. The summed E-state index contributed by atoms with van der Waals surface area (Å²) in [4.78, 5) is 2.91. The number of sulfone groups is 1. The van der Waals surface area contributed by atoms with E-state index >= 15 is 0 Å². The number of hydrogen-bond donors (Lipinski definition) is 0. The summed E-state index contributed by atoms with van der Waals surface area (Å²) in [7, 11) is -5.66. The van der Waals surface area contributed by atoms with Crippen LogP contribution in [0.4, 0.5) is 13.2 Å². The molecule has 2 aromatic rings. The average molecular weight is 424 g/mol. The molecule has 0 unspecified atom stereocenters. The van der Waals surface area contributed by atoms with Crippen molar-refractivity contribution in [2.75, 3.05) is 0 Å². The maximum absolute atomic E-state index is 13.2. The van der Waals surface area contributed by atoms with Crippen LogP contribution in [0.1, 0.15) is 23.1 Å². The van der Waals surface area contributed by atoms with E-state index in [4.69, 9.17) is 19.5 Å². The lowest BCUT2D eigenvalue weighted by Crippen LogP contribution is -2.30. The summed E-state index contributed by atoms with van der Waals surface area (Å²) in [5, 5.41) is 8.97. The molecule has 0 fully saturated rings. The largest absolute Gasteiger partial charge is 0.501 e. The van der Waals surface area contributed by atoms with E-state index in [9.17, 15) is 21.6 Å². The van der Waals surface area contributed by atoms with E-state index in [1.54, 1.807) is 0 Å². The third-order valence-corrected chi connectivity index (χ3v) is 6.08. The number of alkyl halides is 3. The molecule has 1 aromatic carbocycles. The van der Waals surface area contributed by atoms with E-state index < -0.39 is 26.0 Å². The molecule has 0 radical (unpaired) electrons. The Kier molecular flexibility index (Phi) is 4.20. The van der Waals surface area contributed by atoms with Crippen LogP contribution in [0, 0.1) is 11.3 Å². The Morgan fingerprint density at radius 3 is 2.59 bits per heavy atom. The van der Waals surface area contributed by atoms with Crippen LogP contribution in [0.2, 0.25) is 0 Å². The number of rotatable bonds is 3. The van der Waals surface area contributed by atoms with Crippen molar-refractivity contribution in [3.63, 3.8) is 0 Å². The maximum atomic E-state index is 13.2. The first-order valence-corrected chi connectivity index (χ1v) is 9.68. The van der Waals surface area contributed by atoms with Crippen molar-refractivity contribution in [1.29, 1.82) is 5.26 Å². The predicted molar refractivity (Wildman–Crippen MR) is 90.0 cm³/mol. The van der Waals surface area contributed by atoms with E-state index in [1.165, 1.54) is 18.5 Å². The first-order chi connectivity index (χ1) is 13.7. The Morgan fingerprint density at radius 1 is 1.21 bits per heavy atom. The van der Waals surface area contributed by atoms with E-state index in [0.29, 0.717) is 0 Å². The van der Waals surface area contributed by atoms with Gasteiger partial charge >= 0.3 is 5.51 Å². The zero-order valence-electron chi connectivity index (χ0n) is 14.4. The van der Waals surface area contributed by atoms with Gasteiger partial charge in [0.2, 0.25) is 0 Å². The molecule has 0 atom stereocenters. The van der Waals surface area contributed by atoms with Gasteiger partial charge in [-0.25, -0.2) is 8.42 Å². The summed E-state index contributed by atoms with van der Waals surface area (Å²) in [6.07, 6.45) is 5.17. The van der Waals surface area contributed by atoms with Gasteiger partial charge in [-0.2, -0.15) is 18.4 Å². The number of aromatic nitrogens is 1. The Hall–Kier alpha value is -3.26. The number of hydrogen-bond acceptors (Lipinski definition) is 7. The number of nitriles is 1. The molecule has 2 aliphatic rings. The van der Waals surface area contributed by atoms with E-state index in [1.807, 2.05) is 6.07 Å². The molecular weight excluding hydrogens is 413 g/mol. The molecule has 4 rings (SSSR count). The molecule has 0 amide bonds. The van der Waals surface area contributed by atoms with Gasteiger partial charge in [0.25, 0.3) is 15.6 Å². The first-order valence-electron chi connectivity index (χ1n) is 8.19. The third-order valence-electron chi connectivity index (χ3n) is 4.55. The van der Waals surface area contributed by atoms with Gasteiger partial charge in [-0.3, -0.25) is 4.98 Å². The molecule has 1 aliphatic heterocycles. The van der Waals surface area contributed by atoms with Gasteiger partial charge in [0.05, 0.1) is 22.2 Å². The zero-order chi connectivity index (χ0) is 20.9. The molecule has 0 saturated carbocycles. The molecule has 2 heterocycles. The van der Waals surface area contributed by atoms with Crippen molar-refractivity contribution in [3.05, 3.63) is 59.8 Å². The van der Waals surface area contributed by atoms with Crippen LogP contribution in [-0.4, -0.2) is 18.9 Å². The van der Waals surface area contributed by atoms with Gasteiger partial charge in [-0.15, -0.1) is 0 Å². The topological polar surface area (TPSA) is 98.5 Å². The summed E-state index contributed by atoms with van der Waals surface area (Å²) in [5.74, 6) is -1.38. The van der Waals surface area contributed by atoms with Crippen molar-refractivity contribution in [3.8, 4) is 17.6 Å². The monoisotopic (exact) mass is 424 g/mol. The number of fused-ring (bicyclic) bond motifs is 2. The fourth-order valence-electron chi connectivity index (χ4n) is 3.33.